The summed E-state index contributed by atoms with van der Waals surface area (Å²) in [5, 5.41) is 2.29. The Kier molecular flexibility index (Phi) is 9.63. The average Bonchev–Trinajstić information content (AvgIpc) is 4.31. The van der Waals surface area contributed by atoms with Crippen molar-refractivity contribution >= 4 is 38.9 Å². The summed E-state index contributed by atoms with van der Waals surface area (Å²) in [4.78, 5) is 18.2. The molecule has 0 aliphatic heterocycles. The zero-order chi connectivity index (χ0) is 52.0. The van der Waals surface area contributed by atoms with Crippen molar-refractivity contribution in [1.29, 1.82) is 0 Å². The second-order valence-corrected chi connectivity index (χ2v) is 22.9. The molecular weight excluding hydrogens is 935 g/mol. The molecule has 0 saturated heterocycles. The number of benzene rings is 10. The normalized spacial score (nSPS) is 14.7. The van der Waals surface area contributed by atoms with Crippen LogP contribution in [0.4, 0.5) is 17.1 Å². The Bertz CT molecular complexity index is 4240. The van der Waals surface area contributed by atoms with Gasteiger partial charge in [0.25, 0.3) is 0 Å². The van der Waals surface area contributed by atoms with Crippen LogP contribution in [-0.4, -0.2) is 19.5 Å². The lowest BCUT2D eigenvalue weighted by atomic mass is 9.82. The van der Waals surface area contributed by atoms with E-state index in [-0.39, 0.29) is 16.2 Å². The molecule has 2 aromatic heterocycles. The first-order valence-corrected chi connectivity index (χ1v) is 26.9. The number of rotatable bonds is 7. The maximum absolute atomic E-state index is 5.31. The highest BCUT2D eigenvalue weighted by Gasteiger charge is 2.39. The standard InChI is InChI=1S/C72H55N5/c1-70(2)59-26-16-13-23-51(59)54-40-49(34-36-62(54)70)76(50-35-37-63-55(41-50)52-24-14-17-27-60(52)71(63,3)4)48-32-29-44(30-33-48)47-31-38-65-57(39-47)58-42-56-53-25-15-18-28-61(53)72(5,6)64(56)43-66(58)77(65)69-74-67(45-19-9-7-10-20-45)73-68(75-69)46-21-11-8-12-22-46/h7-43H,1-6H3. The van der Waals surface area contributed by atoms with Crippen LogP contribution in [0.3, 0.4) is 0 Å². The van der Waals surface area contributed by atoms with E-state index in [0.29, 0.717) is 17.6 Å². The third-order valence-electron chi connectivity index (χ3n) is 17.5. The molecule has 0 N–H and O–H groups in total. The van der Waals surface area contributed by atoms with Gasteiger partial charge in [0.2, 0.25) is 5.95 Å². The Morgan fingerprint density at radius 2 is 0.714 bits per heavy atom. The molecule has 5 nitrogen and oxygen atoms in total. The lowest BCUT2D eigenvalue weighted by Gasteiger charge is -2.28. The fourth-order valence-electron chi connectivity index (χ4n) is 13.5. The molecule has 15 rings (SSSR count). The van der Waals surface area contributed by atoms with Crippen molar-refractivity contribution in [2.24, 2.45) is 0 Å². The van der Waals surface area contributed by atoms with Crippen molar-refractivity contribution in [2.45, 2.75) is 57.8 Å². The SMILES string of the molecule is CC1(C)c2ccccc2-c2cc(N(c3ccc(-c4ccc5c(c4)c4cc6c(cc4n5-c4nc(-c5ccccc5)nc(-c5ccccc5)n4)C(C)(C)c4ccccc4-6)cc3)c3ccc4c(c3)-c3ccccc3C4(C)C)ccc21. The maximum atomic E-state index is 5.31. The molecule has 12 aromatic rings. The van der Waals surface area contributed by atoms with E-state index in [1.165, 1.54) is 66.8 Å². The van der Waals surface area contributed by atoms with Gasteiger partial charge in [-0.3, -0.25) is 4.57 Å². The Labute approximate surface area is 449 Å². The summed E-state index contributed by atoms with van der Waals surface area (Å²) in [6.45, 7) is 14.1. The van der Waals surface area contributed by atoms with Gasteiger partial charge in [0, 0.05) is 55.2 Å². The molecule has 10 aromatic carbocycles. The van der Waals surface area contributed by atoms with E-state index in [0.717, 1.165) is 61.1 Å². The highest BCUT2D eigenvalue weighted by atomic mass is 15.2. The number of fused-ring (bicyclic) bond motifs is 12. The van der Waals surface area contributed by atoms with E-state index in [1.54, 1.807) is 0 Å². The van der Waals surface area contributed by atoms with Gasteiger partial charge < -0.3 is 4.90 Å². The first kappa shape index (κ1) is 45.2. The lowest BCUT2D eigenvalue weighted by Crippen LogP contribution is -2.16. The van der Waals surface area contributed by atoms with E-state index >= 15 is 0 Å². The molecule has 0 saturated carbocycles. The van der Waals surface area contributed by atoms with Gasteiger partial charge in [0.05, 0.1) is 11.0 Å². The molecule has 2 heterocycles. The minimum atomic E-state index is -0.201. The number of hydrogen-bond donors (Lipinski definition) is 0. The molecule has 0 amide bonds. The quantitative estimate of drug-likeness (QED) is 0.160. The van der Waals surface area contributed by atoms with Crippen molar-refractivity contribution in [3.8, 4) is 73.2 Å². The first-order valence-electron chi connectivity index (χ1n) is 26.9. The van der Waals surface area contributed by atoms with Crippen LogP contribution >= 0.6 is 0 Å². The van der Waals surface area contributed by atoms with Crippen molar-refractivity contribution in [1.82, 2.24) is 19.5 Å². The van der Waals surface area contributed by atoms with Gasteiger partial charge >= 0.3 is 0 Å². The van der Waals surface area contributed by atoms with Crippen LogP contribution in [0.5, 0.6) is 0 Å². The van der Waals surface area contributed by atoms with Crippen molar-refractivity contribution in [3.05, 3.63) is 258 Å². The number of aromatic nitrogens is 4. The van der Waals surface area contributed by atoms with Crippen LogP contribution in [0.25, 0.3) is 95.0 Å². The second-order valence-electron chi connectivity index (χ2n) is 22.9. The van der Waals surface area contributed by atoms with Gasteiger partial charge in [-0.15, -0.1) is 0 Å². The summed E-state index contributed by atoms with van der Waals surface area (Å²) in [5.41, 5.74) is 25.1. The molecule has 0 fully saturated rings. The molecule has 77 heavy (non-hydrogen) atoms. The molecule has 5 heteroatoms. The van der Waals surface area contributed by atoms with Crippen LogP contribution in [0.1, 0.15) is 74.9 Å². The number of anilines is 3. The second kappa shape index (κ2) is 16.4. The Hall–Kier alpha value is -9.19. The summed E-state index contributed by atoms with van der Waals surface area (Å²) in [6, 6.07) is 82.3. The molecule has 3 aliphatic carbocycles. The predicted octanol–water partition coefficient (Wildman–Crippen LogP) is 18.4. The van der Waals surface area contributed by atoms with Gasteiger partial charge in [0.1, 0.15) is 0 Å². The summed E-state index contributed by atoms with van der Waals surface area (Å²) in [5.74, 6) is 1.85. The van der Waals surface area contributed by atoms with Crippen LogP contribution in [0.15, 0.2) is 224 Å². The van der Waals surface area contributed by atoms with Crippen molar-refractivity contribution < 1.29 is 0 Å². The summed E-state index contributed by atoms with van der Waals surface area (Å²) >= 11 is 0. The molecule has 0 atom stereocenters. The Morgan fingerprint density at radius 1 is 0.299 bits per heavy atom. The molecule has 0 bridgehead atoms. The fraction of sp³-hybridized carbons (Fsp3) is 0.125. The molecule has 0 spiro atoms. The van der Waals surface area contributed by atoms with Crippen LogP contribution in [-0.2, 0) is 16.2 Å². The van der Waals surface area contributed by atoms with Gasteiger partial charge in [0.15, 0.2) is 11.6 Å². The highest BCUT2D eigenvalue weighted by Crippen LogP contribution is 2.54. The number of nitrogens with zero attached hydrogens (tertiary/aromatic N) is 5. The van der Waals surface area contributed by atoms with Crippen LogP contribution < -0.4 is 4.90 Å². The third-order valence-corrected chi connectivity index (χ3v) is 17.5. The van der Waals surface area contributed by atoms with Crippen molar-refractivity contribution in [3.63, 3.8) is 0 Å². The smallest absolute Gasteiger partial charge is 0.238 e. The van der Waals surface area contributed by atoms with Gasteiger partial charge in [-0.05, 0) is 139 Å². The maximum Gasteiger partial charge on any atom is 0.238 e. The van der Waals surface area contributed by atoms with Gasteiger partial charge in [-0.2, -0.15) is 9.97 Å². The van der Waals surface area contributed by atoms with Crippen LogP contribution in [0.2, 0.25) is 0 Å². The zero-order valence-corrected chi connectivity index (χ0v) is 44.1. The summed E-state index contributed by atoms with van der Waals surface area (Å²) in [7, 11) is 0. The number of hydrogen-bond acceptors (Lipinski definition) is 4. The predicted molar refractivity (Wildman–Crippen MR) is 318 cm³/mol. The van der Waals surface area contributed by atoms with Gasteiger partial charge in [-0.25, -0.2) is 4.98 Å². The first-order chi connectivity index (χ1) is 37.4. The van der Waals surface area contributed by atoms with E-state index in [1.807, 2.05) is 36.4 Å². The zero-order valence-electron chi connectivity index (χ0n) is 44.1. The van der Waals surface area contributed by atoms with Crippen molar-refractivity contribution in [2.75, 3.05) is 4.90 Å². The fourth-order valence-corrected chi connectivity index (χ4v) is 13.5. The summed E-state index contributed by atoms with van der Waals surface area (Å²) < 4.78 is 2.27. The highest BCUT2D eigenvalue weighted by molar-refractivity contribution is 6.12. The molecule has 368 valence electrons. The van der Waals surface area contributed by atoms with Gasteiger partial charge in [-0.1, -0.05) is 205 Å². The van der Waals surface area contributed by atoms with Crippen LogP contribution in [0, 0.1) is 0 Å². The Morgan fingerprint density at radius 3 is 1.23 bits per heavy atom. The minimum absolute atomic E-state index is 0.0874. The molecule has 3 aliphatic rings. The summed E-state index contributed by atoms with van der Waals surface area (Å²) in [6.07, 6.45) is 0. The average molecular weight is 990 g/mol. The lowest BCUT2D eigenvalue weighted by molar-refractivity contribution is 0.660. The monoisotopic (exact) mass is 989 g/mol. The third kappa shape index (κ3) is 6.69. The minimum Gasteiger partial charge on any atom is -0.310 e. The molecule has 0 radical (unpaired) electrons. The Balaban J connectivity index is 0.902. The topological polar surface area (TPSA) is 46.8 Å². The largest absolute Gasteiger partial charge is 0.310 e. The van der Waals surface area contributed by atoms with E-state index in [4.69, 9.17) is 15.0 Å². The van der Waals surface area contributed by atoms with E-state index < -0.39 is 0 Å². The molecular formula is C72H55N5. The van der Waals surface area contributed by atoms with E-state index in [2.05, 4.69) is 239 Å². The van der Waals surface area contributed by atoms with E-state index in [9.17, 15) is 0 Å². The molecule has 0 unspecified atom stereocenters.